The molecule has 0 spiro atoms. The van der Waals surface area contributed by atoms with Crippen molar-refractivity contribution in [2.24, 2.45) is 0 Å². The molecule has 226 valence electrons. The average molecular weight is 613 g/mol. The number of halogens is 4. The Kier molecular flexibility index (Phi) is 10.2. The molecule has 0 fully saturated rings. The third kappa shape index (κ3) is 8.20. The van der Waals surface area contributed by atoms with Gasteiger partial charge in [0.1, 0.15) is 17.6 Å². The zero-order valence-corrected chi connectivity index (χ0v) is 24.5. The molecule has 0 saturated carbocycles. The average Bonchev–Trinajstić information content (AvgIpc) is 2.98. The summed E-state index contributed by atoms with van der Waals surface area (Å²) in [5, 5.41) is 12.9. The van der Waals surface area contributed by atoms with E-state index in [4.69, 9.17) is 16.3 Å². The van der Waals surface area contributed by atoms with Gasteiger partial charge in [0.05, 0.1) is 5.56 Å². The number of ether oxygens (including phenoxy) is 1. The van der Waals surface area contributed by atoms with Crippen molar-refractivity contribution in [1.29, 1.82) is 0 Å². The number of allylic oxidation sites excluding steroid dienone is 4. The molecule has 10 heteroatoms. The number of hydrogen-bond donors (Lipinski definition) is 2. The first-order valence-corrected chi connectivity index (χ1v) is 14.3. The maximum Gasteiger partial charge on any atom is 0.412 e. The molecule has 0 unspecified atom stereocenters. The van der Waals surface area contributed by atoms with E-state index in [0.717, 1.165) is 17.2 Å². The van der Waals surface area contributed by atoms with Crippen molar-refractivity contribution in [3.05, 3.63) is 106 Å². The summed E-state index contributed by atoms with van der Waals surface area (Å²) in [6.45, 7) is 5.27. The monoisotopic (exact) mass is 612 g/mol. The van der Waals surface area contributed by atoms with E-state index in [1.165, 1.54) is 12.1 Å². The molecule has 1 atom stereocenters. The van der Waals surface area contributed by atoms with Crippen molar-refractivity contribution in [2.45, 2.75) is 45.3 Å². The number of hydrogen-bond acceptors (Lipinski definition) is 4. The van der Waals surface area contributed by atoms with Crippen LogP contribution in [0.25, 0.3) is 11.1 Å². The topological polar surface area (TPSA) is 78.9 Å². The molecule has 2 N–H and O–H groups in total. The Morgan fingerprint density at radius 2 is 1.70 bits per heavy atom. The van der Waals surface area contributed by atoms with Crippen molar-refractivity contribution in [3.8, 4) is 16.9 Å². The van der Waals surface area contributed by atoms with E-state index in [1.807, 2.05) is 36.9 Å². The van der Waals surface area contributed by atoms with Crippen LogP contribution < -0.4 is 15.0 Å². The molecule has 0 aliphatic heterocycles. The third-order valence-corrected chi connectivity index (χ3v) is 7.43. The van der Waals surface area contributed by atoms with E-state index >= 15 is 0 Å². The number of amides is 1. The second-order valence-electron chi connectivity index (χ2n) is 10.1. The molecule has 0 saturated heterocycles. The van der Waals surface area contributed by atoms with E-state index in [-0.39, 0.29) is 19.3 Å². The van der Waals surface area contributed by atoms with Crippen LogP contribution in [0.4, 0.5) is 18.9 Å². The molecular weight excluding hydrogens is 581 g/mol. The molecule has 6 nitrogen and oxygen atoms in total. The largest absolute Gasteiger partial charge is 0.480 e. The maximum absolute atomic E-state index is 13.2. The molecule has 1 aliphatic carbocycles. The van der Waals surface area contributed by atoms with Crippen LogP contribution in [0.2, 0.25) is 5.02 Å². The van der Waals surface area contributed by atoms with Crippen LogP contribution in [-0.4, -0.2) is 42.3 Å². The van der Waals surface area contributed by atoms with E-state index < -0.39 is 29.7 Å². The van der Waals surface area contributed by atoms with Crippen molar-refractivity contribution in [3.63, 3.8) is 0 Å². The lowest BCUT2D eigenvalue weighted by Gasteiger charge is -2.24. The number of carboxylic acids is 1. The summed E-state index contributed by atoms with van der Waals surface area (Å²) in [7, 11) is 0. The van der Waals surface area contributed by atoms with Crippen LogP contribution >= 0.6 is 11.6 Å². The zero-order valence-electron chi connectivity index (χ0n) is 23.7. The first-order chi connectivity index (χ1) is 20.5. The second kappa shape index (κ2) is 13.8. The van der Waals surface area contributed by atoms with Gasteiger partial charge in [0.2, 0.25) is 0 Å². The standard InChI is InChI=1S/C33H32ClF3N2O4/c1-3-39(4-2)30-17-14-25(34)20-28(30)31(40)38-29(32(41)42)18-21-8-10-22(11-9-21)23-6-5-7-27(19-23)43-26-15-12-24(13-16-26)33(35,36)37/h5-12,14-15,17,19-20,29H,3-4,13,16,18H2,1-2H3,(H,38,40)(H,41,42)/t29-/m0/s1. The summed E-state index contributed by atoms with van der Waals surface area (Å²) in [5.41, 5.74) is 2.77. The lowest BCUT2D eigenvalue weighted by molar-refractivity contribution is -0.139. The van der Waals surface area contributed by atoms with Gasteiger partial charge in [0, 0.05) is 42.2 Å². The van der Waals surface area contributed by atoms with Crippen molar-refractivity contribution < 1.29 is 32.6 Å². The molecule has 0 bridgehead atoms. The number of alkyl halides is 3. The maximum atomic E-state index is 13.2. The van der Waals surface area contributed by atoms with E-state index in [0.29, 0.717) is 46.4 Å². The van der Waals surface area contributed by atoms with Gasteiger partial charge in [0.15, 0.2) is 0 Å². The van der Waals surface area contributed by atoms with Gasteiger partial charge >= 0.3 is 12.1 Å². The number of benzene rings is 3. The Bertz CT molecular complexity index is 1530. The van der Waals surface area contributed by atoms with Crippen molar-refractivity contribution in [2.75, 3.05) is 18.0 Å². The number of anilines is 1. The van der Waals surface area contributed by atoms with Gasteiger partial charge in [-0.1, -0.05) is 54.1 Å². The van der Waals surface area contributed by atoms with Crippen molar-refractivity contribution in [1.82, 2.24) is 5.32 Å². The van der Waals surface area contributed by atoms with Crippen LogP contribution in [0.5, 0.6) is 5.75 Å². The Hall–Kier alpha value is -4.24. The minimum absolute atomic E-state index is 0.0628. The molecular formula is C33H32ClF3N2O4. The van der Waals surface area contributed by atoms with E-state index in [2.05, 4.69) is 5.32 Å². The Balaban J connectivity index is 1.45. The molecule has 3 aromatic rings. The predicted octanol–water partition coefficient (Wildman–Crippen LogP) is 7.82. The Morgan fingerprint density at radius 1 is 0.977 bits per heavy atom. The number of carbonyl (C=O) groups excluding carboxylic acids is 1. The summed E-state index contributed by atoms with van der Waals surface area (Å²) >= 11 is 6.16. The lowest BCUT2D eigenvalue weighted by atomic mass is 10.00. The van der Waals surface area contributed by atoms with Gasteiger partial charge < -0.3 is 20.1 Å². The second-order valence-corrected chi connectivity index (χ2v) is 10.5. The first kappa shape index (κ1) is 31.7. The van der Waals surface area contributed by atoms with Crippen LogP contribution in [-0.2, 0) is 11.2 Å². The molecule has 3 aromatic carbocycles. The fourth-order valence-electron chi connectivity index (χ4n) is 4.87. The third-order valence-electron chi connectivity index (χ3n) is 7.20. The summed E-state index contributed by atoms with van der Waals surface area (Å²) in [6, 6.07) is 18.3. The SMILES string of the molecule is CCN(CC)c1ccc(Cl)cc1C(=O)N[C@@H](Cc1ccc(-c2cccc(OC3=CC=C(C(F)(F)F)CC3)c2)cc1)C(=O)O. The van der Waals surface area contributed by atoms with Gasteiger partial charge in [-0.2, -0.15) is 13.2 Å². The normalized spacial score (nSPS) is 13.9. The molecule has 4 rings (SSSR count). The highest BCUT2D eigenvalue weighted by Crippen LogP contribution is 2.34. The molecule has 43 heavy (non-hydrogen) atoms. The zero-order chi connectivity index (χ0) is 31.1. The van der Waals surface area contributed by atoms with Gasteiger partial charge in [-0.3, -0.25) is 4.79 Å². The summed E-state index contributed by atoms with van der Waals surface area (Å²) in [6.07, 6.45) is -1.86. The fourth-order valence-corrected chi connectivity index (χ4v) is 5.04. The highest BCUT2D eigenvalue weighted by atomic mass is 35.5. The van der Waals surface area contributed by atoms with E-state index in [9.17, 15) is 27.9 Å². The fraction of sp³-hybridized carbons (Fsp3) is 0.273. The molecule has 0 aromatic heterocycles. The lowest BCUT2D eigenvalue weighted by Crippen LogP contribution is -2.42. The number of carboxylic acid groups (broad SMARTS) is 1. The number of carbonyl (C=O) groups is 2. The first-order valence-electron chi connectivity index (χ1n) is 13.9. The Labute approximate surface area is 253 Å². The van der Waals surface area contributed by atoms with Gasteiger partial charge in [-0.25, -0.2) is 4.79 Å². The highest BCUT2D eigenvalue weighted by Gasteiger charge is 2.34. The number of nitrogens with one attached hydrogen (secondary N) is 1. The van der Waals surface area contributed by atoms with Gasteiger partial charge in [-0.15, -0.1) is 0 Å². The highest BCUT2D eigenvalue weighted by molar-refractivity contribution is 6.31. The molecule has 0 heterocycles. The van der Waals surface area contributed by atoms with Crippen LogP contribution in [0.1, 0.15) is 42.6 Å². The van der Waals surface area contributed by atoms with Crippen LogP contribution in [0.3, 0.4) is 0 Å². The van der Waals surface area contributed by atoms with E-state index in [1.54, 1.807) is 42.5 Å². The molecule has 1 amide bonds. The number of nitrogens with zero attached hydrogens (tertiary/aromatic N) is 1. The number of aliphatic carboxylic acids is 1. The smallest absolute Gasteiger partial charge is 0.412 e. The van der Waals surface area contributed by atoms with Crippen LogP contribution in [0.15, 0.2) is 90.2 Å². The quantitative estimate of drug-likeness (QED) is 0.231. The summed E-state index contributed by atoms with van der Waals surface area (Å²) < 4.78 is 44.5. The summed E-state index contributed by atoms with van der Waals surface area (Å²) in [4.78, 5) is 27.3. The van der Waals surface area contributed by atoms with Gasteiger partial charge in [-0.05, 0) is 73.4 Å². The molecule has 0 radical (unpaired) electrons. The minimum atomic E-state index is -4.34. The van der Waals surface area contributed by atoms with Crippen LogP contribution in [0, 0.1) is 0 Å². The minimum Gasteiger partial charge on any atom is -0.480 e. The Morgan fingerprint density at radius 3 is 2.30 bits per heavy atom. The number of rotatable bonds is 11. The predicted molar refractivity (Wildman–Crippen MR) is 162 cm³/mol. The van der Waals surface area contributed by atoms with Gasteiger partial charge in [0.25, 0.3) is 5.91 Å². The summed E-state index contributed by atoms with van der Waals surface area (Å²) in [5.74, 6) is -0.744. The van der Waals surface area contributed by atoms with Crippen molar-refractivity contribution >= 4 is 29.2 Å². The molecule has 1 aliphatic rings.